The number of thiazole rings is 1. The minimum atomic E-state index is 0.239. The molecule has 0 aromatic carbocycles. The van der Waals surface area contributed by atoms with E-state index in [2.05, 4.69) is 14.8 Å². The van der Waals surface area contributed by atoms with E-state index in [1.807, 2.05) is 5.38 Å². The lowest BCUT2D eigenvalue weighted by Gasteiger charge is -2.34. The molecule has 0 atom stereocenters. The number of rotatable bonds is 3. The van der Waals surface area contributed by atoms with Gasteiger partial charge in [-0.1, -0.05) is 11.6 Å². The zero-order valence-electron chi connectivity index (χ0n) is 8.40. The predicted octanol–water partition coefficient (Wildman–Crippen LogP) is 0.911. The summed E-state index contributed by atoms with van der Waals surface area (Å²) in [4.78, 5) is 8.74. The molecule has 0 amide bonds. The fourth-order valence-electron chi connectivity index (χ4n) is 1.69. The summed E-state index contributed by atoms with van der Waals surface area (Å²) in [5.41, 5.74) is 0. The fraction of sp³-hybridized carbons (Fsp3) is 0.667. The van der Waals surface area contributed by atoms with Crippen LogP contribution in [0.4, 0.5) is 5.13 Å². The lowest BCUT2D eigenvalue weighted by Crippen LogP contribution is -2.47. The van der Waals surface area contributed by atoms with Crippen LogP contribution in [0.1, 0.15) is 0 Å². The molecule has 0 spiro atoms. The monoisotopic (exact) mass is 247 g/mol. The van der Waals surface area contributed by atoms with E-state index < -0.39 is 0 Å². The first-order chi connectivity index (χ1) is 7.29. The Morgan fingerprint density at radius 3 is 2.67 bits per heavy atom. The van der Waals surface area contributed by atoms with Crippen LogP contribution in [0.2, 0.25) is 5.15 Å². The molecule has 2 rings (SSSR count). The predicted molar refractivity (Wildman–Crippen MR) is 62.9 cm³/mol. The lowest BCUT2D eigenvalue weighted by atomic mass is 10.3. The van der Waals surface area contributed by atoms with Crippen molar-refractivity contribution in [3.63, 3.8) is 0 Å². The summed E-state index contributed by atoms with van der Waals surface area (Å²) < 4.78 is 0. The Hall–Kier alpha value is -0.360. The van der Waals surface area contributed by atoms with Gasteiger partial charge in [0.25, 0.3) is 0 Å². The van der Waals surface area contributed by atoms with Gasteiger partial charge in [0.2, 0.25) is 0 Å². The molecule has 1 aliphatic rings. The zero-order chi connectivity index (χ0) is 10.7. The first-order valence-corrected chi connectivity index (χ1v) is 6.24. The Bertz CT molecular complexity index is 312. The number of hydrogen-bond donors (Lipinski definition) is 1. The normalized spacial score (nSPS) is 18.4. The molecule has 1 aromatic heterocycles. The summed E-state index contributed by atoms with van der Waals surface area (Å²) in [5.74, 6) is 0. The van der Waals surface area contributed by atoms with Crippen LogP contribution in [0.15, 0.2) is 5.38 Å². The van der Waals surface area contributed by atoms with E-state index in [0.29, 0.717) is 5.15 Å². The molecule has 0 radical (unpaired) electrons. The molecular weight excluding hydrogens is 234 g/mol. The summed E-state index contributed by atoms with van der Waals surface area (Å²) in [5, 5.41) is 12.3. The van der Waals surface area contributed by atoms with Crippen molar-refractivity contribution in [1.82, 2.24) is 9.88 Å². The van der Waals surface area contributed by atoms with Gasteiger partial charge in [-0.3, -0.25) is 4.90 Å². The maximum absolute atomic E-state index is 8.82. The third-order valence-electron chi connectivity index (χ3n) is 2.52. The van der Waals surface area contributed by atoms with Crippen molar-refractivity contribution in [2.45, 2.75) is 0 Å². The first-order valence-electron chi connectivity index (χ1n) is 4.99. The standard InChI is InChI=1S/C9H14ClN3OS/c10-8-7-15-9(11-8)13-3-1-12(2-4-13)5-6-14/h7,14H,1-6H2. The van der Waals surface area contributed by atoms with Crippen LogP contribution in [0.25, 0.3) is 0 Å². The van der Waals surface area contributed by atoms with Crippen LogP contribution in [0.5, 0.6) is 0 Å². The maximum atomic E-state index is 8.82. The molecule has 0 aliphatic carbocycles. The number of piperazine rings is 1. The van der Waals surface area contributed by atoms with Crippen molar-refractivity contribution < 1.29 is 5.11 Å². The van der Waals surface area contributed by atoms with Gasteiger partial charge in [-0.05, 0) is 0 Å². The Kier molecular flexibility index (Phi) is 3.80. The van der Waals surface area contributed by atoms with Crippen molar-refractivity contribution in [3.8, 4) is 0 Å². The van der Waals surface area contributed by atoms with Gasteiger partial charge in [-0.2, -0.15) is 0 Å². The summed E-state index contributed by atoms with van der Waals surface area (Å²) in [6.45, 7) is 4.90. The van der Waals surface area contributed by atoms with Gasteiger partial charge in [0, 0.05) is 38.1 Å². The minimum Gasteiger partial charge on any atom is -0.395 e. The van der Waals surface area contributed by atoms with E-state index in [-0.39, 0.29) is 6.61 Å². The van der Waals surface area contributed by atoms with Gasteiger partial charge in [0.05, 0.1) is 6.61 Å². The molecule has 1 fully saturated rings. The van der Waals surface area contributed by atoms with Gasteiger partial charge in [-0.25, -0.2) is 4.98 Å². The van der Waals surface area contributed by atoms with Crippen molar-refractivity contribution >= 4 is 28.1 Å². The average molecular weight is 248 g/mol. The highest BCUT2D eigenvalue weighted by atomic mass is 35.5. The highest BCUT2D eigenvalue weighted by Crippen LogP contribution is 2.23. The van der Waals surface area contributed by atoms with Crippen LogP contribution in [0, 0.1) is 0 Å². The van der Waals surface area contributed by atoms with Crippen LogP contribution in [0.3, 0.4) is 0 Å². The van der Waals surface area contributed by atoms with Crippen LogP contribution >= 0.6 is 22.9 Å². The third kappa shape index (κ3) is 2.81. The number of aliphatic hydroxyl groups excluding tert-OH is 1. The zero-order valence-corrected chi connectivity index (χ0v) is 9.97. The highest BCUT2D eigenvalue weighted by Gasteiger charge is 2.18. The number of β-amino-alcohol motifs (C(OH)–C–C–N with tert-alkyl or cyclic N) is 1. The molecule has 4 nitrogen and oxygen atoms in total. The molecule has 84 valence electrons. The SMILES string of the molecule is OCCN1CCN(c2nc(Cl)cs2)CC1. The Labute approximate surface area is 98.1 Å². The molecule has 2 heterocycles. The van der Waals surface area contributed by atoms with Gasteiger partial charge in [-0.15, -0.1) is 11.3 Å². The number of nitrogens with zero attached hydrogens (tertiary/aromatic N) is 3. The second kappa shape index (κ2) is 5.12. The molecule has 6 heteroatoms. The molecule has 1 aliphatic heterocycles. The lowest BCUT2D eigenvalue weighted by molar-refractivity contribution is 0.189. The van der Waals surface area contributed by atoms with E-state index >= 15 is 0 Å². The number of hydrogen-bond acceptors (Lipinski definition) is 5. The second-order valence-corrected chi connectivity index (χ2v) is 4.73. The Balaban J connectivity index is 1.88. The maximum Gasteiger partial charge on any atom is 0.186 e. The summed E-state index contributed by atoms with van der Waals surface area (Å²) in [7, 11) is 0. The smallest absolute Gasteiger partial charge is 0.186 e. The number of aliphatic hydroxyl groups is 1. The summed E-state index contributed by atoms with van der Waals surface area (Å²) in [6, 6.07) is 0. The Morgan fingerprint density at radius 1 is 1.40 bits per heavy atom. The number of halogens is 1. The summed E-state index contributed by atoms with van der Waals surface area (Å²) in [6.07, 6.45) is 0. The van der Waals surface area contributed by atoms with Crippen molar-refractivity contribution in [1.29, 1.82) is 0 Å². The highest BCUT2D eigenvalue weighted by molar-refractivity contribution is 7.14. The second-order valence-electron chi connectivity index (χ2n) is 3.51. The number of aromatic nitrogens is 1. The summed E-state index contributed by atoms with van der Waals surface area (Å²) >= 11 is 7.37. The van der Waals surface area contributed by atoms with Gasteiger partial charge >= 0.3 is 0 Å². The average Bonchev–Trinajstić information content (AvgIpc) is 2.67. The van der Waals surface area contributed by atoms with Gasteiger partial charge in [0.15, 0.2) is 5.13 Å². The van der Waals surface area contributed by atoms with Crippen LogP contribution in [-0.4, -0.2) is 54.3 Å². The van der Waals surface area contributed by atoms with Crippen LogP contribution in [-0.2, 0) is 0 Å². The Morgan fingerprint density at radius 2 is 2.13 bits per heavy atom. The molecule has 1 N–H and O–H groups in total. The van der Waals surface area contributed by atoms with E-state index in [4.69, 9.17) is 16.7 Å². The van der Waals surface area contributed by atoms with Crippen molar-refractivity contribution in [3.05, 3.63) is 10.5 Å². The third-order valence-corrected chi connectivity index (χ3v) is 3.75. The molecule has 0 saturated carbocycles. The molecule has 0 unspecified atom stereocenters. The van der Waals surface area contributed by atoms with Crippen molar-refractivity contribution in [2.24, 2.45) is 0 Å². The fourth-order valence-corrected chi connectivity index (χ4v) is 2.70. The molecule has 0 bridgehead atoms. The van der Waals surface area contributed by atoms with E-state index in [1.165, 1.54) is 0 Å². The largest absolute Gasteiger partial charge is 0.395 e. The van der Waals surface area contributed by atoms with Crippen LogP contribution < -0.4 is 4.90 Å². The number of anilines is 1. The molecule has 1 aromatic rings. The van der Waals surface area contributed by atoms with Gasteiger partial charge < -0.3 is 10.0 Å². The topological polar surface area (TPSA) is 39.6 Å². The minimum absolute atomic E-state index is 0.239. The molecule has 15 heavy (non-hydrogen) atoms. The molecule has 1 saturated heterocycles. The van der Waals surface area contributed by atoms with E-state index in [9.17, 15) is 0 Å². The van der Waals surface area contributed by atoms with E-state index in [0.717, 1.165) is 37.9 Å². The van der Waals surface area contributed by atoms with Gasteiger partial charge in [0.1, 0.15) is 5.15 Å². The van der Waals surface area contributed by atoms with E-state index in [1.54, 1.807) is 11.3 Å². The van der Waals surface area contributed by atoms with Crippen molar-refractivity contribution in [2.75, 3.05) is 44.2 Å². The first kappa shape index (κ1) is 11.1. The molecular formula is C9H14ClN3OS. The quantitative estimate of drug-likeness (QED) is 0.862.